The number of aromatic nitrogens is 1. The largest absolute Gasteiger partial charge is 0.475 e. The van der Waals surface area contributed by atoms with Crippen molar-refractivity contribution in [1.82, 2.24) is 15.6 Å². The molecule has 3 aromatic carbocycles. The van der Waals surface area contributed by atoms with E-state index in [0.29, 0.717) is 0 Å². The summed E-state index contributed by atoms with van der Waals surface area (Å²) in [7, 11) is -1.77. The van der Waals surface area contributed by atoms with Gasteiger partial charge in [0, 0.05) is 18.3 Å². The summed E-state index contributed by atoms with van der Waals surface area (Å²) in [6.45, 7) is 2.24. The molecule has 0 bridgehead atoms. The molecule has 0 spiro atoms. The molecule has 7 nitrogen and oxygen atoms in total. The fourth-order valence-corrected chi connectivity index (χ4v) is 4.17. The van der Waals surface area contributed by atoms with E-state index in [4.69, 9.17) is 0 Å². The van der Waals surface area contributed by atoms with E-state index in [0.717, 1.165) is 33.2 Å². The van der Waals surface area contributed by atoms with Crippen molar-refractivity contribution in [1.29, 1.82) is 0 Å². The van der Waals surface area contributed by atoms with E-state index in [-0.39, 0.29) is 19.4 Å². The summed E-state index contributed by atoms with van der Waals surface area (Å²) in [5.41, 5.74) is 4.69. The Bertz CT molecular complexity index is 1310. The molecule has 184 valence electrons. The fourth-order valence-electron chi connectivity index (χ4n) is 4.17. The molecule has 1 unspecified atom stereocenters. The standard InChI is InChI=1S/C28H30BN3O4/c1-19-7-9-21(10-8-19)17-26(29(35)36)32-28(34)24(16-20-5-3-2-4-6-20)27(33)31-18-22-11-12-25-23(15-22)13-14-30-25/h2-15,24,26,30,35-36H,16-18H2,1H3,(H,31,33)(H,32,34)/t24?,26-/m0/s1. The lowest BCUT2D eigenvalue weighted by atomic mass is 9.75. The van der Waals surface area contributed by atoms with E-state index in [1.165, 1.54) is 0 Å². The number of aromatic amines is 1. The summed E-state index contributed by atoms with van der Waals surface area (Å²) in [5.74, 6) is -2.97. The first kappa shape index (κ1) is 25.2. The van der Waals surface area contributed by atoms with Crippen LogP contribution in [0.2, 0.25) is 0 Å². The van der Waals surface area contributed by atoms with Gasteiger partial charge in [-0.3, -0.25) is 9.59 Å². The maximum atomic E-state index is 13.3. The zero-order valence-corrected chi connectivity index (χ0v) is 20.1. The van der Waals surface area contributed by atoms with Crippen molar-refractivity contribution < 1.29 is 19.6 Å². The van der Waals surface area contributed by atoms with E-state index >= 15 is 0 Å². The highest BCUT2D eigenvalue weighted by molar-refractivity contribution is 6.43. The smallest absolute Gasteiger partial charge is 0.426 e. The minimum Gasteiger partial charge on any atom is -0.426 e. The zero-order valence-electron chi connectivity index (χ0n) is 20.1. The van der Waals surface area contributed by atoms with Gasteiger partial charge in [0.2, 0.25) is 11.8 Å². The minimum atomic E-state index is -1.77. The summed E-state index contributed by atoms with van der Waals surface area (Å²) in [6.07, 6.45) is 2.27. The van der Waals surface area contributed by atoms with Gasteiger partial charge in [0.05, 0.1) is 5.94 Å². The number of benzene rings is 3. The number of rotatable bonds is 10. The van der Waals surface area contributed by atoms with Crippen LogP contribution < -0.4 is 10.6 Å². The number of hydrogen-bond donors (Lipinski definition) is 5. The molecule has 2 atom stereocenters. The Labute approximate surface area is 210 Å². The molecular formula is C28H30BN3O4. The maximum Gasteiger partial charge on any atom is 0.475 e. The van der Waals surface area contributed by atoms with Gasteiger partial charge in [-0.2, -0.15) is 0 Å². The van der Waals surface area contributed by atoms with Crippen molar-refractivity contribution in [2.75, 3.05) is 0 Å². The lowest BCUT2D eigenvalue weighted by Crippen LogP contribution is -2.52. The molecule has 0 fully saturated rings. The third-order valence-corrected chi connectivity index (χ3v) is 6.26. The van der Waals surface area contributed by atoms with Crippen LogP contribution >= 0.6 is 0 Å². The van der Waals surface area contributed by atoms with Crippen molar-refractivity contribution in [3.8, 4) is 0 Å². The zero-order chi connectivity index (χ0) is 25.5. The van der Waals surface area contributed by atoms with E-state index in [1.54, 1.807) is 0 Å². The molecule has 1 aromatic heterocycles. The highest BCUT2D eigenvalue weighted by atomic mass is 16.4. The highest BCUT2D eigenvalue weighted by Crippen LogP contribution is 2.16. The molecule has 36 heavy (non-hydrogen) atoms. The van der Waals surface area contributed by atoms with Gasteiger partial charge < -0.3 is 25.7 Å². The first-order valence-corrected chi connectivity index (χ1v) is 12.0. The van der Waals surface area contributed by atoms with Gasteiger partial charge in [-0.25, -0.2) is 0 Å². The normalized spacial score (nSPS) is 12.6. The maximum absolute atomic E-state index is 13.3. The van der Waals surface area contributed by atoms with Crippen LogP contribution in [-0.2, 0) is 29.0 Å². The highest BCUT2D eigenvalue weighted by Gasteiger charge is 2.32. The number of carbonyl (C=O) groups excluding carboxylic acids is 2. The number of aryl methyl sites for hydroxylation is 1. The van der Waals surface area contributed by atoms with Crippen LogP contribution in [0.4, 0.5) is 0 Å². The Morgan fingerprint density at radius 3 is 2.28 bits per heavy atom. The third kappa shape index (κ3) is 6.62. The minimum absolute atomic E-state index is 0.189. The number of H-pyrrole nitrogens is 1. The van der Waals surface area contributed by atoms with Gasteiger partial charge in [0.25, 0.3) is 0 Å². The Hall–Kier alpha value is -3.88. The summed E-state index contributed by atoms with van der Waals surface area (Å²) in [4.78, 5) is 29.7. The molecule has 5 N–H and O–H groups in total. The summed E-state index contributed by atoms with van der Waals surface area (Å²) < 4.78 is 0. The van der Waals surface area contributed by atoms with Crippen LogP contribution in [0.5, 0.6) is 0 Å². The van der Waals surface area contributed by atoms with Crippen LogP contribution in [0.1, 0.15) is 22.3 Å². The van der Waals surface area contributed by atoms with Gasteiger partial charge in [-0.05, 0) is 60.0 Å². The Morgan fingerprint density at radius 1 is 0.861 bits per heavy atom. The van der Waals surface area contributed by atoms with Crippen molar-refractivity contribution in [3.05, 3.63) is 107 Å². The molecule has 4 rings (SSSR count). The Balaban J connectivity index is 1.48. The van der Waals surface area contributed by atoms with Crippen LogP contribution in [0, 0.1) is 12.8 Å². The molecule has 0 radical (unpaired) electrons. The predicted octanol–water partition coefficient (Wildman–Crippen LogP) is 2.69. The lowest BCUT2D eigenvalue weighted by Gasteiger charge is -2.22. The molecule has 0 aliphatic carbocycles. The molecular weight excluding hydrogens is 453 g/mol. The first-order chi connectivity index (χ1) is 17.4. The summed E-state index contributed by atoms with van der Waals surface area (Å²) >= 11 is 0. The topological polar surface area (TPSA) is 114 Å². The van der Waals surface area contributed by atoms with Crippen LogP contribution in [-0.4, -0.2) is 39.9 Å². The Kier molecular flexibility index (Phi) is 8.20. The fraction of sp³-hybridized carbons (Fsp3) is 0.214. The van der Waals surface area contributed by atoms with E-state index in [1.807, 2.05) is 92.0 Å². The number of fused-ring (bicyclic) bond motifs is 1. The molecule has 8 heteroatoms. The van der Waals surface area contributed by atoms with E-state index < -0.39 is 30.8 Å². The van der Waals surface area contributed by atoms with E-state index in [9.17, 15) is 19.6 Å². The first-order valence-electron chi connectivity index (χ1n) is 12.0. The van der Waals surface area contributed by atoms with Crippen molar-refractivity contribution in [3.63, 3.8) is 0 Å². The average Bonchev–Trinajstić information content (AvgIpc) is 3.35. The SMILES string of the molecule is Cc1ccc(C[C@H](NC(=O)C(Cc2ccccc2)C(=O)NCc2ccc3[nH]ccc3c2)B(O)O)cc1. The van der Waals surface area contributed by atoms with E-state index in [2.05, 4.69) is 15.6 Å². The van der Waals surface area contributed by atoms with Gasteiger partial charge >= 0.3 is 7.12 Å². The second kappa shape index (κ2) is 11.7. The van der Waals surface area contributed by atoms with Crippen molar-refractivity contribution in [2.24, 2.45) is 5.92 Å². The van der Waals surface area contributed by atoms with Gasteiger partial charge in [-0.1, -0.05) is 66.2 Å². The third-order valence-electron chi connectivity index (χ3n) is 6.26. The predicted molar refractivity (Wildman–Crippen MR) is 141 cm³/mol. The van der Waals surface area contributed by atoms with Crippen molar-refractivity contribution >= 4 is 29.8 Å². The second-order valence-corrected chi connectivity index (χ2v) is 9.08. The molecule has 2 amide bonds. The Morgan fingerprint density at radius 2 is 1.56 bits per heavy atom. The lowest BCUT2D eigenvalue weighted by molar-refractivity contribution is -0.135. The monoisotopic (exact) mass is 483 g/mol. The summed E-state index contributed by atoms with van der Waals surface area (Å²) in [5, 5.41) is 26.5. The van der Waals surface area contributed by atoms with Crippen molar-refractivity contribution in [2.45, 2.75) is 32.3 Å². The summed E-state index contributed by atoms with van der Waals surface area (Å²) in [6, 6.07) is 24.7. The van der Waals surface area contributed by atoms with Gasteiger partial charge in [0.15, 0.2) is 0 Å². The number of carbonyl (C=O) groups is 2. The molecule has 1 heterocycles. The molecule has 0 saturated heterocycles. The van der Waals surface area contributed by atoms with Crippen LogP contribution in [0.15, 0.2) is 85.1 Å². The van der Waals surface area contributed by atoms with Gasteiger partial charge in [-0.15, -0.1) is 0 Å². The van der Waals surface area contributed by atoms with Gasteiger partial charge in [0.1, 0.15) is 5.92 Å². The molecule has 0 aliphatic rings. The number of nitrogens with one attached hydrogen (secondary N) is 3. The molecule has 0 aliphatic heterocycles. The number of hydrogen-bond acceptors (Lipinski definition) is 4. The average molecular weight is 483 g/mol. The molecule has 0 saturated carbocycles. The van der Waals surface area contributed by atoms with Crippen LogP contribution in [0.3, 0.4) is 0 Å². The van der Waals surface area contributed by atoms with Crippen LogP contribution in [0.25, 0.3) is 10.9 Å². The quantitative estimate of drug-likeness (QED) is 0.176. The molecule has 4 aromatic rings. The second-order valence-electron chi connectivity index (χ2n) is 9.08. The number of amides is 2.